The fourth-order valence-corrected chi connectivity index (χ4v) is 10.4. The van der Waals surface area contributed by atoms with Crippen molar-refractivity contribution in [2.45, 2.75) is 101 Å². The molecule has 0 radical (unpaired) electrons. The zero-order chi connectivity index (χ0) is 45.6. The van der Waals surface area contributed by atoms with Crippen LogP contribution in [-0.4, -0.2) is 24.7 Å². The topological polar surface area (TPSA) is 120 Å². The van der Waals surface area contributed by atoms with Gasteiger partial charge in [0, 0.05) is 11.1 Å². The van der Waals surface area contributed by atoms with E-state index in [0.29, 0.717) is 51.4 Å². The second-order valence-electron chi connectivity index (χ2n) is 18.8. The summed E-state index contributed by atoms with van der Waals surface area (Å²) in [5, 5.41) is 30.9. The molecule has 8 rings (SSSR count). The first-order valence-corrected chi connectivity index (χ1v) is 23.6. The number of fused-ring (bicyclic) bond motifs is 2. The van der Waals surface area contributed by atoms with E-state index in [1.54, 1.807) is 16.0 Å². The van der Waals surface area contributed by atoms with Crippen LogP contribution in [0.15, 0.2) is 89.1 Å². The normalized spacial score (nSPS) is 12.1. The van der Waals surface area contributed by atoms with Crippen molar-refractivity contribution in [2.75, 3.05) is 10.2 Å². The van der Waals surface area contributed by atoms with Gasteiger partial charge in [-0.3, -0.25) is 4.90 Å². The van der Waals surface area contributed by atoms with E-state index in [2.05, 4.69) is 120 Å². The molecule has 0 fully saturated rings. The van der Waals surface area contributed by atoms with Crippen molar-refractivity contribution in [3.63, 3.8) is 0 Å². The van der Waals surface area contributed by atoms with Crippen LogP contribution in [0.1, 0.15) is 98.7 Å². The highest BCUT2D eigenvalue weighted by molar-refractivity contribution is 7.22. The summed E-state index contributed by atoms with van der Waals surface area (Å²) in [6, 6.07) is 29.8. The van der Waals surface area contributed by atoms with E-state index in [-0.39, 0.29) is 0 Å². The van der Waals surface area contributed by atoms with Gasteiger partial charge >= 0.3 is 0 Å². The second-order valence-corrected chi connectivity index (χ2v) is 20.8. The summed E-state index contributed by atoms with van der Waals surface area (Å²) in [5.74, 6) is 2.39. The third-order valence-electron chi connectivity index (χ3n) is 11.1. The minimum absolute atomic E-state index is 0.316. The third-order valence-corrected chi connectivity index (χ3v) is 13.1. The Hall–Kier alpha value is -6.29. The highest BCUT2D eigenvalue weighted by atomic mass is 32.1. The number of aromatic nitrogens is 5. The maximum Gasteiger partial charge on any atom is 0.213 e. The predicted octanol–water partition coefficient (Wildman–Crippen LogP) is 15.2. The Morgan fingerprint density at radius 2 is 1.31 bits per heavy atom. The second kappa shape index (κ2) is 17.7. The number of pyridine rings is 1. The lowest BCUT2D eigenvalue weighted by atomic mass is 9.90. The summed E-state index contributed by atoms with van der Waals surface area (Å²) in [6.45, 7) is 25.8. The number of hydrogen-bond donors (Lipinski definition) is 1. The van der Waals surface area contributed by atoms with Crippen molar-refractivity contribution in [1.82, 2.24) is 24.7 Å². The summed E-state index contributed by atoms with van der Waals surface area (Å²) in [6.07, 6.45) is 1.78. The molecule has 0 spiro atoms. The molecule has 0 aliphatic rings. The molecule has 0 aliphatic heterocycles. The van der Waals surface area contributed by atoms with Crippen molar-refractivity contribution < 1.29 is 0 Å². The van der Waals surface area contributed by atoms with Gasteiger partial charge in [-0.05, 0) is 117 Å². The average Bonchev–Trinajstić information content (AvgIpc) is 3.94. The van der Waals surface area contributed by atoms with Crippen LogP contribution in [0.25, 0.3) is 25.6 Å². The Labute approximate surface area is 384 Å². The van der Waals surface area contributed by atoms with Gasteiger partial charge in [0.15, 0.2) is 16.8 Å². The lowest BCUT2D eigenvalue weighted by molar-refractivity contribution is 0.559. The Kier molecular flexibility index (Phi) is 12.3. The third kappa shape index (κ3) is 8.92. The zero-order valence-electron chi connectivity index (χ0n) is 38.9. The van der Waals surface area contributed by atoms with E-state index in [9.17, 15) is 5.26 Å². The molecule has 4 aromatic heterocycles. The molecule has 326 valence electrons. The summed E-state index contributed by atoms with van der Waals surface area (Å²) < 4.78 is 3.78. The average molecular weight is 885 g/mol. The molecule has 0 aliphatic carbocycles. The Morgan fingerprint density at radius 3 is 1.88 bits per heavy atom. The number of anilines is 5. The van der Waals surface area contributed by atoms with Crippen molar-refractivity contribution in [2.24, 2.45) is 22.1 Å². The van der Waals surface area contributed by atoms with Crippen LogP contribution in [0.4, 0.5) is 39.6 Å². The van der Waals surface area contributed by atoms with Crippen LogP contribution < -0.4 is 10.2 Å². The van der Waals surface area contributed by atoms with Crippen molar-refractivity contribution in [3.05, 3.63) is 129 Å². The van der Waals surface area contributed by atoms with E-state index in [1.807, 2.05) is 58.0 Å². The molecular weight excluding hydrogens is 829 g/mol. The number of nitrogens with one attached hydrogen (secondary N) is 1. The fourth-order valence-electron chi connectivity index (χ4n) is 8.46. The standard InChI is InChI=1S/C52H56N10S2/c1-29(2)21-36-25-32(6)26-37(22-30(3)4)46(36)61(50-54-39-17-13-15-19-41(39)63-50)43-27-35(9)45(48(56-43)57-44-33(7)23-31(5)24-34(44)8)58-59-49-38(28-53)47(52(10,11)12)60-62(49)51-55-40-18-14-16-20-42(40)64-51/h13-20,23-27,29-30H,21-22H2,1-12H3,(H,56,57). The van der Waals surface area contributed by atoms with Crippen LogP contribution in [0, 0.1) is 57.8 Å². The van der Waals surface area contributed by atoms with Crippen molar-refractivity contribution >= 4 is 82.8 Å². The Balaban J connectivity index is 1.39. The first-order valence-electron chi connectivity index (χ1n) is 21.9. The maximum atomic E-state index is 10.7. The molecule has 0 saturated carbocycles. The van der Waals surface area contributed by atoms with Crippen LogP contribution >= 0.6 is 22.7 Å². The lowest BCUT2D eigenvalue weighted by Crippen LogP contribution is -2.18. The summed E-state index contributed by atoms with van der Waals surface area (Å²) in [7, 11) is 0. The van der Waals surface area contributed by atoms with Crippen molar-refractivity contribution in [3.8, 4) is 11.2 Å². The summed E-state index contributed by atoms with van der Waals surface area (Å²) in [4.78, 5) is 18.1. The van der Waals surface area contributed by atoms with Gasteiger partial charge in [0.25, 0.3) is 0 Å². The first-order chi connectivity index (χ1) is 30.5. The number of rotatable bonds is 12. The lowest BCUT2D eigenvalue weighted by Gasteiger charge is -2.29. The van der Waals surface area contributed by atoms with Gasteiger partial charge in [0.1, 0.15) is 23.1 Å². The molecule has 4 heterocycles. The number of aryl methyl sites for hydroxylation is 5. The largest absolute Gasteiger partial charge is 0.338 e. The van der Waals surface area contributed by atoms with E-state index < -0.39 is 5.41 Å². The zero-order valence-corrected chi connectivity index (χ0v) is 40.5. The number of nitrogens with zero attached hydrogens (tertiary/aromatic N) is 9. The van der Waals surface area contributed by atoms with Crippen LogP contribution in [-0.2, 0) is 18.3 Å². The maximum absolute atomic E-state index is 10.7. The molecule has 0 atom stereocenters. The molecule has 1 N–H and O–H groups in total. The Morgan fingerprint density at radius 1 is 0.734 bits per heavy atom. The van der Waals surface area contributed by atoms with Gasteiger partial charge in [0.05, 0.1) is 31.8 Å². The highest BCUT2D eigenvalue weighted by Crippen LogP contribution is 2.46. The van der Waals surface area contributed by atoms with E-state index in [0.717, 1.165) is 66.5 Å². The van der Waals surface area contributed by atoms with Crippen LogP contribution in [0.2, 0.25) is 0 Å². The number of azo groups is 1. The molecule has 4 aromatic carbocycles. The monoisotopic (exact) mass is 884 g/mol. The fraction of sp³-hybridized carbons (Fsp3) is 0.327. The van der Waals surface area contributed by atoms with Gasteiger partial charge < -0.3 is 5.32 Å². The molecule has 0 unspecified atom stereocenters. The van der Waals surface area contributed by atoms with Gasteiger partial charge in [-0.1, -0.05) is 131 Å². The van der Waals surface area contributed by atoms with Gasteiger partial charge in [-0.2, -0.15) is 15.0 Å². The molecule has 12 heteroatoms. The van der Waals surface area contributed by atoms with Gasteiger partial charge in [-0.25, -0.2) is 15.0 Å². The molecular formula is C52H56N10S2. The predicted molar refractivity (Wildman–Crippen MR) is 267 cm³/mol. The van der Waals surface area contributed by atoms with Crippen LogP contribution in [0.5, 0.6) is 0 Å². The van der Waals surface area contributed by atoms with E-state index in [1.165, 1.54) is 33.6 Å². The SMILES string of the molecule is Cc1cc(C)c(Nc2nc(N(c3nc4ccccc4s3)c3c(CC(C)C)cc(C)cc3CC(C)C)cc(C)c2N=Nc2c(C#N)c(C(C)(C)C)nn2-c2nc3ccccc3s2)c(C)c1. The minimum atomic E-state index is -0.452. The van der Waals surface area contributed by atoms with E-state index in [4.69, 9.17) is 30.3 Å². The summed E-state index contributed by atoms with van der Waals surface area (Å²) in [5.41, 5.74) is 12.9. The Bertz CT molecular complexity index is 3000. The number of hydrogen-bond acceptors (Lipinski definition) is 11. The van der Waals surface area contributed by atoms with Gasteiger partial charge in [-0.15, -0.1) is 10.2 Å². The summed E-state index contributed by atoms with van der Waals surface area (Å²) >= 11 is 3.16. The highest BCUT2D eigenvalue weighted by Gasteiger charge is 2.30. The molecule has 8 aromatic rings. The molecule has 0 amide bonds. The number of para-hydroxylation sites is 2. The van der Waals surface area contributed by atoms with Gasteiger partial charge in [0.2, 0.25) is 5.13 Å². The smallest absolute Gasteiger partial charge is 0.213 e. The molecule has 0 bridgehead atoms. The number of benzene rings is 4. The first kappa shape index (κ1) is 44.3. The number of nitriles is 1. The quantitative estimate of drug-likeness (QED) is 0.121. The van der Waals surface area contributed by atoms with Crippen molar-refractivity contribution in [1.29, 1.82) is 5.26 Å². The molecule has 10 nitrogen and oxygen atoms in total. The number of thiazole rings is 2. The van der Waals surface area contributed by atoms with E-state index >= 15 is 0 Å². The molecule has 64 heavy (non-hydrogen) atoms. The minimum Gasteiger partial charge on any atom is -0.338 e. The van der Waals surface area contributed by atoms with Crippen LogP contribution in [0.3, 0.4) is 0 Å². The molecule has 0 saturated heterocycles.